The first-order chi connectivity index (χ1) is 12.7. The summed E-state index contributed by atoms with van der Waals surface area (Å²) in [6.07, 6.45) is 3.49. The van der Waals surface area contributed by atoms with E-state index in [4.69, 9.17) is 5.10 Å². The molecule has 0 unspecified atom stereocenters. The molecule has 0 aliphatic heterocycles. The first kappa shape index (κ1) is 16.8. The molecule has 5 nitrogen and oxygen atoms in total. The average molecular weight is 411 g/mol. The normalized spacial score (nSPS) is 13.4. The number of hydrogen-bond donors (Lipinski definition) is 2. The summed E-state index contributed by atoms with van der Waals surface area (Å²) in [7, 11) is 0. The molecule has 0 saturated heterocycles. The van der Waals surface area contributed by atoms with E-state index >= 15 is 0 Å². The van der Waals surface area contributed by atoms with Gasteiger partial charge in [0.2, 0.25) is 0 Å². The van der Waals surface area contributed by atoms with E-state index in [1.54, 1.807) is 4.68 Å². The summed E-state index contributed by atoms with van der Waals surface area (Å²) in [5, 5.41) is 10.5. The Balaban J connectivity index is 1.57. The maximum atomic E-state index is 12.5. The van der Waals surface area contributed by atoms with Crippen LogP contribution in [0.5, 0.6) is 0 Å². The molecule has 132 valence electrons. The van der Waals surface area contributed by atoms with Gasteiger partial charge in [-0.15, -0.1) is 0 Å². The first-order valence-electron chi connectivity index (χ1n) is 8.66. The monoisotopic (exact) mass is 410 g/mol. The molecule has 0 atom stereocenters. The number of anilines is 2. The Hall–Kier alpha value is -2.60. The highest BCUT2D eigenvalue weighted by molar-refractivity contribution is 9.10. The maximum Gasteiger partial charge on any atom is 0.324 e. The molecule has 2 N–H and O–H groups in total. The highest BCUT2D eigenvalue weighted by Crippen LogP contribution is 2.33. The van der Waals surface area contributed by atoms with Gasteiger partial charge in [-0.1, -0.05) is 30.3 Å². The lowest BCUT2D eigenvalue weighted by Crippen LogP contribution is -2.21. The molecular formula is C20H19BrN4O. The second kappa shape index (κ2) is 7.33. The van der Waals surface area contributed by atoms with E-state index in [9.17, 15) is 4.79 Å². The highest BCUT2D eigenvalue weighted by atomic mass is 79.9. The number of para-hydroxylation sites is 2. The van der Waals surface area contributed by atoms with Gasteiger partial charge in [-0.2, -0.15) is 5.10 Å². The van der Waals surface area contributed by atoms with Crippen LogP contribution in [0.3, 0.4) is 0 Å². The van der Waals surface area contributed by atoms with Crippen LogP contribution in [-0.4, -0.2) is 15.8 Å². The molecular weight excluding hydrogens is 392 g/mol. The minimum Gasteiger partial charge on any atom is -0.307 e. The van der Waals surface area contributed by atoms with Gasteiger partial charge in [0.25, 0.3) is 0 Å². The zero-order valence-electron chi connectivity index (χ0n) is 14.2. The third-order valence-electron chi connectivity index (χ3n) is 4.32. The van der Waals surface area contributed by atoms with Crippen LogP contribution in [0.25, 0.3) is 5.69 Å². The molecule has 1 aromatic heterocycles. The van der Waals surface area contributed by atoms with Crippen molar-refractivity contribution in [2.75, 3.05) is 10.6 Å². The Morgan fingerprint density at radius 2 is 1.81 bits per heavy atom. The van der Waals surface area contributed by atoms with Crippen molar-refractivity contribution < 1.29 is 4.79 Å². The smallest absolute Gasteiger partial charge is 0.307 e. The lowest BCUT2D eigenvalue weighted by atomic mass is 10.2. The summed E-state index contributed by atoms with van der Waals surface area (Å²) in [5.74, 6) is 1.40. The number of rotatable bonds is 5. The minimum atomic E-state index is -0.299. The van der Waals surface area contributed by atoms with Crippen molar-refractivity contribution in [2.45, 2.75) is 19.3 Å². The fraction of sp³-hybridized carbons (Fsp3) is 0.200. The van der Waals surface area contributed by atoms with Gasteiger partial charge in [-0.05, 0) is 65.4 Å². The minimum absolute atomic E-state index is 0.299. The van der Waals surface area contributed by atoms with E-state index in [1.807, 2.05) is 60.7 Å². The molecule has 0 spiro atoms. The van der Waals surface area contributed by atoms with Crippen LogP contribution in [-0.2, 0) is 6.42 Å². The lowest BCUT2D eigenvalue weighted by Gasteiger charge is -2.11. The number of hydrogen-bond acceptors (Lipinski definition) is 2. The fourth-order valence-electron chi connectivity index (χ4n) is 2.84. The fourth-order valence-corrected chi connectivity index (χ4v) is 3.22. The van der Waals surface area contributed by atoms with E-state index in [0.29, 0.717) is 11.5 Å². The summed E-state index contributed by atoms with van der Waals surface area (Å²) in [5.41, 5.74) is 2.65. The van der Waals surface area contributed by atoms with Gasteiger partial charge < -0.3 is 5.32 Å². The summed E-state index contributed by atoms with van der Waals surface area (Å²) < 4.78 is 2.62. The largest absolute Gasteiger partial charge is 0.324 e. The van der Waals surface area contributed by atoms with E-state index < -0.39 is 0 Å². The first-order valence-corrected chi connectivity index (χ1v) is 9.45. The van der Waals surface area contributed by atoms with Crippen LogP contribution in [0.2, 0.25) is 0 Å². The van der Waals surface area contributed by atoms with Crippen LogP contribution < -0.4 is 10.6 Å². The van der Waals surface area contributed by atoms with Gasteiger partial charge in [-0.25, -0.2) is 9.48 Å². The summed E-state index contributed by atoms with van der Waals surface area (Å²) >= 11 is 3.44. The Kier molecular flexibility index (Phi) is 4.75. The van der Waals surface area contributed by atoms with Crippen molar-refractivity contribution in [1.29, 1.82) is 0 Å². The number of aromatic nitrogens is 2. The average Bonchev–Trinajstić information content (AvgIpc) is 3.37. The highest BCUT2D eigenvalue weighted by Gasteiger charge is 2.24. The third kappa shape index (κ3) is 3.96. The van der Waals surface area contributed by atoms with Crippen LogP contribution in [0.1, 0.15) is 18.5 Å². The molecule has 6 heteroatoms. The molecule has 0 radical (unpaired) electrons. The summed E-state index contributed by atoms with van der Waals surface area (Å²) in [4.78, 5) is 12.5. The molecule has 26 heavy (non-hydrogen) atoms. The molecule has 0 bridgehead atoms. The van der Waals surface area contributed by atoms with Gasteiger partial charge in [0.15, 0.2) is 0 Å². The summed E-state index contributed by atoms with van der Waals surface area (Å²) in [6.45, 7) is 0. The van der Waals surface area contributed by atoms with Gasteiger partial charge in [0, 0.05) is 10.5 Å². The predicted octanol–water partition coefficient (Wildman–Crippen LogP) is 5.23. The van der Waals surface area contributed by atoms with Crippen molar-refractivity contribution in [2.24, 2.45) is 5.92 Å². The SMILES string of the molecule is O=C(Nc1ccccc1Br)Nc1cc(CC2CC2)nn1-c1ccccc1. The van der Waals surface area contributed by atoms with Crippen molar-refractivity contribution in [1.82, 2.24) is 9.78 Å². The number of halogens is 1. The van der Waals surface area contributed by atoms with Gasteiger partial charge >= 0.3 is 6.03 Å². The number of nitrogens with zero attached hydrogens (tertiary/aromatic N) is 2. The third-order valence-corrected chi connectivity index (χ3v) is 5.01. The van der Waals surface area contributed by atoms with Gasteiger partial charge in [-0.3, -0.25) is 5.32 Å². The van der Waals surface area contributed by atoms with E-state index in [2.05, 4.69) is 26.6 Å². The molecule has 3 aromatic rings. The second-order valence-electron chi connectivity index (χ2n) is 6.47. The van der Waals surface area contributed by atoms with Crippen molar-refractivity contribution in [3.05, 3.63) is 70.8 Å². The standard InChI is InChI=1S/C20H19BrN4O/c21-17-8-4-5-9-18(17)22-20(26)23-19-13-15(12-14-10-11-14)24-25(19)16-6-2-1-3-7-16/h1-9,13-14H,10-12H2,(H2,22,23,26). The molecule has 2 amide bonds. The Labute approximate surface area is 160 Å². The van der Waals surface area contributed by atoms with Crippen molar-refractivity contribution in [3.63, 3.8) is 0 Å². The van der Waals surface area contributed by atoms with E-state index in [-0.39, 0.29) is 6.03 Å². The van der Waals surface area contributed by atoms with Crippen LogP contribution in [0.4, 0.5) is 16.3 Å². The Morgan fingerprint density at radius 3 is 2.54 bits per heavy atom. The molecule has 1 heterocycles. The number of carbonyl (C=O) groups excluding carboxylic acids is 1. The molecule has 1 fully saturated rings. The molecule has 1 saturated carbocycles. The zero-order valence-corrected chi connectivity index (χ0v) is 15.7. The number of benzene rings is 2. The number of amides is 2. The van der Waals surface area contributed by atoms with Crippen molar-refractivity contribution in [3.8, 4) is 5.69 Å². The quantitative estimate of drug-likeness (QED) is 0.604. The van der Waals surface area contributed by atoms with Crippen LogP contribution in [0.15, 0.2) is 65.1 Å². The summed E-state index contributed by atoms with van der Waals surface area (Å²) in [6, 6.07) is 19.0. The lowest BCUT2D eigenvalue weighted by molar-refractivity contribution is 0.262. The van der Waals surface area contributed by atoms with Crippen LogP contribution in [0, 0.1) is 5.92 Å². The molecule has 1 aliphatic rings. The van der Waals surface area contributed by atoms with E-state index in [0.717, 1.165) is 28.2 Å². The number of nitrogens with one attached hydrogen (secondary N) is 2. The molecule has 4 rings (SSSR count). The Bertz CT molecular complexity index is 919. The topological polar surface area (TPSA) is 59.0 Å². The number of urea groups is 1. The van der Waals surface area contributed by atoms with E-state index in [1.165, 1.54) is 12.8 Å². The maximum absolute atomic E-state index is 12.5. The van der Waals surface area contributed by atoms with Gasteiger partial charge in [0.05, 0.1) is 17.1 Å². The van der Waals surface area contributed by atoms with Crippen LogP contribution >= 0.6 is 15.9 Å². The zero-order chi connectivity index (χ0) is 17.9. The van der Waals surface area contributed by atoms with Crippen molar-refractivity contribution >= 4 is 33.5 Å². The predicted molar refractivity (Wildman–Crippen MR) is 107 cm³/mol. The molecule has 1 aliphatic carbocycles. The van der Waals surface area contributed by atoms with Gasteiger partial charge in [0.1, 0.15) is 5.82 Å². The molecule has 2 aromatic carbocycles. The number of carbonyl (C=O) groups is 1. The second-order valence-corrected chi connectivity index (χ2v) is 7.33. The Morgan fingerprint density at radius 1 is 1.08 bits per heavy atom.